The van der Waals surface area contributed by atoms with Crippen LogP contribution in [0.3, 0.4) is 0 Å². The van der Waals surface area contributed by atoms with Crippen LogP contribution in [0.2, 0.25) is 0 Å². The van der Waals surface area contributed by atoms with E-state index in [4.69, 9.17) is 0 Å². The van der Waals surface area contributed by atoms with E-state index < -0.39 is 29.0 Å². The second-order valence-corrected chi connectivity index (χ2v) is 4.19. The van der Waals surface area contributed by atoms with E-state index in [-0.39, 0.29) is 0 Å². The van der Waals surface area contributed by atoms with Gasteiger partial charge < -0.3 is 4.90 Å². The first-order chi connectivity index (χ1) is 8.39. The van der Waals surface area contributed by atoms with Gasteiger partial charge in [0, 0.05) is 13.1 Å². The molecule has 98 valence electrons. The highest BCUT2D eigenvalue weighted by Gasteiger charge is 2.32. The molecule has 0 radical (unpaired) electrons. The molecule has 0 atom stereocenters. The number of hydrogen-bond acceptors (Lipinski definition) is 1. The topological polar surface area (TPSA) is 20.3 Å². The Bertz CT molecular complexity index is 464. The lowest BCUT2D eigenvalue weighted by Gasteiger charge is -2.16. The third kappa shape index (κ3) is 2.47. The van der Waals surface area contributed by atoms with Crippen molar-refractivity contribution in [3.8, 4) is 0 Å². The Hall–Kier alpha value is -1.59. The fourth-order valence-electron chi connectivity index (χ4n) is 1.96. The fraction of sp³-hybridized carbons (Fsp3) is 0.417. The van der Waals surface area contributed by atoms with Crippen molar-refractivity contribution in [1.29, 1.82) is 0 Å². The minimum atomic E-state index is -4.58. The molecule has 0 unspecified atom stereocenters. The van der Waals surface area contributed by atoms with Crippen LogP contribution in [0.1, 0.15) is 28.8 Å². The molecule has 0 bridgehead atoms. The van der Waals surface area contributed by atoms with Gasteiger partial charge in [0.15, 0.2) is 0 Å². The highest BCUT2D eigenvalue weighted by Crippen LogP contribution is 2.30. The first-order valence-corrected chi connectivity index (χ1v) is 5.55. The number of carbonyl (C=O) groups is 1. The summed E-state index contributed by atoms with van der Waals surface area (Å²) in [7, 11) is 0. The second-order valence-electron chi connectivity index (χ2n) is 4.19. The number of halogens is 4. The lowest BCUT2D eigenvalue weighted by atomic mass is 10.1. The van der Waals surface area contributed by atoms with Crippen LogP contribution in [0, 0.1) is 5.82 Å². The number of rotatable bonds is 1. The maximum Gasteiger partial charge on any atom is 0.416 e. The average Bonchev–Trinajstić information content (AvgIpc) is 2.80. The van der Waals surface area contributed by atoms with E-state index in [9.17, 15) is 22.4 Å². The third-order valence-corrected chi connectivity index (χ3v) is 2.92. The number of carbonyl (C=O) groups excluding carboxylic acids is 1. The predicted molar refractivity (Wildman–Crippen MR) is 56.5 cm³/mol. The maximum absolute atomic E-state index is 13.4. The number of likely N-dealkylation sites (tertiary alicyclic amines) is 1. The Labute approximate surface area is 101 Å². The molecule has 6 heteroatoms. The summed E-state index contributed by atoms with van der Waals surface area (Å²) in [6, 6.07) is 1.90. The first kappa shape index (κ1) is 12.9. The van der Waals surface area contributed by atoms with Gasteiger partial charge in [0.1, 0.15) is 5.82 Å². The van der Waals surface area contributed by atoms with Crippen LogP contribution < -0.4 is 0 Å². The Balaban J connectivity index is 2.34. The van der Waals surface area contributed by atoms with Gasteiger partial charge >= 0.3 is 6.18 Å². The molecule has 1 aromatic rings. The average molecular weight is 261 g/mol. The third-order valence-electron chi connectivity index (χ3n) is 2.92. The summed E-state index contributed by atoms with van der Waals surface area (Å²) in [6.07, 6.45) is -2.98. The van der Waals surface area contributed by atoms with Crippen molar-refractivity contribution < 1.29 is 22.4 Å². The van der Waals surface area contributed by atoms with Crippen molar-refractivity contribution >= 4 is 5.91 Å². The molecule has 0 N–H and O–H groups in total. The molecule has 2 rings (SSSR count). The van der Waals surface area contributed by atoms with Gasteiger partial charge in [-0.05, 0) is 31.0 Å². The zero-order valence-electron chi connectivity index (χ0n) is 9.43. The van der Waals surface area contributed by atoms with Crippen molar-refractivity contribution in [2.45, 2.75) is 19.0 Å². The summed E-state index contributed by atoms with van der Waals surface area (Å²) in [5, 5.41) is 0. The summed E-state index contributed by atoms with van der Waals surface area (Å²) in [5.74, 6) is -1.59. The van der Waals surface area contributed by atoms with Gasteiger partial charge in [-0.1, -0.05) is 0 Å². The van der Waals surface area contributed by atoms with E-state index in [1.807, 2.05) is 0 Å². The zero-order chi connectivity index (χ0) is 13.3. The van der Waals surface area contributed by atoms with Crippen LogP contribution >= 0.6 is 0 Å². The van der Waals surface area contributed by atoms with Gasteiger partial charge in [-0.25, -0.2) is 4.39 Å². The van der Waals surface area contributed by atoms with Crippen molar-refractivity contribution in [3.63, 3.8) is 0 Å². The van der Waals surface area contributed by atoms with Crippen LogP contribution in [0.25, 0.3) is 0 Å². The normalized spacial score (nSPS) is 16.1. The summed E-state index contributed by atoms with van der Waals surface area (Å²) < 4.78 is 50.9. The van der Waals surface area contributed by atoms with E-state index >= 15 is 0 Å². The predicted octanol–water partition coefficient (Wildman–Crippen LogP) is 3.08. The number of alkyl halides is 3. The smallest absolute Gasteiger partial charge is 0.339 e. The highest BCUT2D eigenvalue weighted by atomic mass is 19.4. The van der Waals surface area contributed by atoms with E-state index in [2.05, 4.69) is 0 Å². The molecule has 2 nitrogen and oxygen atoms in total. The van der Waals surface area contributed by atoms with Crippen LogP contribution in [-0.2, 0) is 6.18 Å². The lowest BCUT2D eigenvalue weighted by molar-refractivity contribution is -0.137. The molecule has 0 saturated carbocycles. The summed E-state index contributed by atoms with van der Waals surface area (Å²) in [6.45, 7) is 0.934. The van der Waals surface area contributed by atoms with Crippen LogP contribution in [0.5, 0.6) is 0 Å². The van der Waals surface area contributed by atoms with Crippen molar-refractivity contribution in [3.05, 3.63) is 35.1 Å². The van der Waals surface area contributed by atoms with Crippen LogP contribution in [0.15, 0.2) is 18.2 Å². The number of hydrogen-bond donors (Lipinski definition) is 0. The lowest BCUT2D eigenvalue weighted by Crippen LogP contribution is -2.28. The molecule has 0 spiro atoms. The van der Waals surface area contributed by atoms with E-state index in [1.165, 1.54) is 4.90 Å². The molecule has 0 aliphatic carbocycles. The quantitative estimate of drug-likeness (QED) is 0.711. The first-order valence-electron chi connectivity index (χ1n) is 5.55. The van der Waals surface area contributed by atoms with Gasteiger partial charge in [-0.2, -0.15) is 13.2 Å². The Morgan fingerprint density at radius 1 is 1.17 bits per heavy atom. The summed E-state index contributed by atoms with van der Waals surface area (Å²) in [4.78, 5) is 13.2. The van der Waals surface area contributed by atoms with Crippen LogP contribution in [0.4, 0.5) is 17.6 Å². The Kier molecular flexibility index (Phi) is 3.28. The van der Waals surface area contributed by atoms with Crippen LogP contribution in [-0.4, -0.2) is 23.9 Å². The van der Waals surface area contributed by atoms with Gasteiger partial charge in [0.2, 0.25) is 0 Å². The van der Waals surface area contributed by atoms with Gasteiger partial charge in [0.25, 0.3) is 5.91 Å². The molecule has 0 aromatic heterocycles. The molecule has 18 heavy (non-hydrogen) atoms. The SMILES string of the molecule is O=C(c1cc(C(F)(F)F)ccc1F)N1CCCC1. The van der Waals surface area contributed by atoms with E-state index in [0.29, 0.717) is 31.3 Å². The van der Waals surface area contributed by atoms with Crippen molar-refractivity contribution in [2.24, 2.45) is 0 Å². The standard InChI is InChI=1S/C12H11F4NO/c13-10-4-3-8(12(14,15)16)7-9(10)11(18)17-5-1-2-6-17/h3-4,7H,1-2,5-6H2. The highest BCUT2D eigenvalue weighted by molar-refractivity contribution is 5.94. The largest absolute Gasteiger partial charge is 0.416 e. The molecule has 1 fully saturated rings. The molecule has 1 heterocycles. The zero-order valence-corrected chi connectivity index (χ0v) is 9.43. The molecule has 1 amide bonds. The van der Waals surface area contributed by atoms with E-state index in [0.717, 1.165) is 12.8 Å². The molecule has 1 aromatic carbocycles. The molecule has 1 aliphatic rings. The van der Waals surface area contributed by atoms with Crippen molar-refractivity contribution in [2.75, 3.05) is 13.1 Å². The number of nitrogens with zero attached hydrogens (tertiary/aromatic N) is 1. The van der Waals surface area contributed by atoms with Gasteiger partial charge in [0.05, 0.1) is 11.1 Å². The number of benzene rings is 1. The number of amides is 1. The van der Waals surface area contributed by atoms with Gasteiger partial charge in [-0.15, -0.1) is 0 Å². The minimum absolute atomic E-state index is 0.467. The Morgan fingerprint density at radius 2 is 1.78 bits per heavy atom. The molecule has 1 saturated heterocycles. The van der Waals surface area contributed by atoms with E-state index in [1.54, 1.807) is 0 Å². The summed E-state index contributed by atoms with van der Waals surface area (Å²) >= 11 is 0. The summed E-state index contributed by atoms with van der Waals surface area (Å²) in [5.41, 5.74) is -1.52. The minimum Gasteiger partial charge on any atom is -0.339 e. The van der Waals surface area contributed by atoms with Crippen molar-refractivity contribution in [1.82, 2.24) is 4.90 Å². The maximum atomic E-state index is 13.4. The molecule has 1 aliphatic heterocycles. The molecular formula is C12H11F4NO. The molecular weight excluding hydrogens is 250 g/mol. The Morgan fingerprint density at radius 3 is 2.33 bits per heavy atom. The van der Waals surface area contributed by atoms with Gasteiger partial charge in [-0.3, -0.25) is 4.79 Å². The fourth-order valence-corrected chi connectivity index (χ4v) is 1.96. The second kappa shape index (κ2) is 4.59. The monoisotopic (exact) mass is 261 g/mol.